The molecule has 6 heteroatoms. The van der Waals surface area contributed by atoms with E-state index < -0.39 is 6.04 Å². The SMILES string of the molecule is CCC[C@H]1C(=O)NCCN1C(=O)c1ccc(-c2ccc(F)cc2)o1. The first kappa shape index (κ1) is 16.2. The van der Waals surface area contributed by atoms with E-state index in [-0.39, 0.29) is 23.4 Å². The second kappa shape index (κ2) is 6.86. The molecule has 1 aliphatic rings. The van der Waals surface area contributed by atoms with Crippen molar-refractivity contribution >= 4 is 11.8 Å². The van der Waals surface area contributed by atoms with Gasteiger partial charge in [-0.05, 0) is 42.8 Å². The largest absolute Gasteiger partial charge is 0.451 e. The summed E-state index contributed by atoms with van der Waals surface area (Å²) >= 11 is 0. The monoisotopic (exact) mass is 330 g/mol. The van der Waals surface area contributed by atoms with E-state index in [2.05, 4.69) is 5.32 Å². The minimum Gasteiger partial charge on any atom is -0.451 e. The summed E-state index contributed by atoms with van der Waals surface area (Å²) in [5, 5.41) is 2.79. The highest BCUT2D eigenvalue weighted by Crippen LogP contribution is 2.24. The highest BCUT2D eigenvalue weighted by Gasteiger charge is 2.34. The van der Waals surface area contributed by atoms with Gasteiger partial charge in [-0.3, -0.25) is 9.59 Å². The zero-order chi connectivity index (χ0) is 17.1. The fourth-order valence-electron chi connectivity index (χ4n) is 2.88. The van der Waals surface area contributed by atoms with Gasteiger partial charge >= 0.3 is 0 Å². The average Bonchev–Trinajstić information content (AvgIpc) is 3.07. The Bertz CT molecular complexity index is 739. The standard InChI is InChI=1S/C18H19FN2O3/c1-2-3-14-17(22)20-10-11-21(14)18(23)16-9-8-15(24-16)12-4-6-13(19)7-5-12/h4-9,14H,2-3,10-11H2,1H3,(H,20,22)/t14-/m0/s1. The Hall–Kier alpha value is -2.63. The lowest BCUT2D eigenvalue weighted by Crippen LogP contribution is -2.57. The fourth-order valence-corrected chi connectivity index (χ4v) is 2.88. The quantitative estimate of drug-likeness (QED) is 0.937. The lowest BCUT2D eigenvalue weighted by Gasteiger charge is -2.34. The number of carbonyl (C=O) groups excluding carboxylic acids is 2. The molecule has 1 aliphatic heterocycles. The third-order valence-electron chi connectivity index (χ3n) is 4.10. The topological polar surface area (TPSA) is 62.6 Å². The van der Waals surface area contributed by atoms with Crippen LogP contribution in [0.15, 0.2) is 40.8 Å². The maximum atomic E-state index is 13.0. The van der Waals surface area contributed by atoms with E-state index in [1.807, 2.05) is 6.92 Å². The fraction of sp³-hybridized carbons (Fsp3) is 0.333. The molecule has 0 aliphatic carbocycles. The van der Waals surface area contributed by atoms with E-state index >= 15 is 0 Å². The molecule has 1 aromatic heterocycles. The van der Waals surface area contributed by atoms with Gasteiger partial charge in [0.15, 0.2) is 5.76 Å². The Kier molecular flexibility index (Phi) is 4.64. The highest BCUT2D eigenvalue weighted by molar-refractivity contribution is 5.96. The number of halogens is 1. The Balaban J connectivity index is 1.82. The van der Waals surface area contributed by atoms with E-state index in [0.717, 1.165) is 6.42 Å². The van der Waals surface area contributed by atoms with Gasteiger partial charge < -0.3 is 14.6 Å². The Morgan fingerprint density at radius 1 is 1.29 bits per heavy atom. The van der Waals surface area contributed by atoms with E-state index in [4.69, 9.17) is 4.42 Å². The molecule has 2 aromatic rings. The number of benzene rings is 1. The molecule has 1 aromatic carbocycles. The van der Waals surface area contributed by atoms with Crippen LogP contribution in [-0.4, -0.2) is 35.8 Å². The van der Waals surface area contributed by atoms with Gasteiger partial charge in [0.2, 0.25) is 5.91 Å². The van der Waals surface area contributed by atoms with Crippen molar-refractivity contribution in [3.63, 3.8) is 0 Å². The van der Waals surface area contributed by atoms with Gasteiger partial charge in [-0.2, -0.15) is 0 Å². The molecule has 1 fully saturated rings. The minimum atomic E-state index is -0.462. The number of amides is 2. The van der Waals surface area contributed by atoms with Gasteiger partial charge in [0.1, 0.15) is 17.6 Å². The predicted octanol–water partition coefficient (Wildman–Crippen LogP) is 2.83. The summed E-state index contributed by atoms with van der Waals surface area (Å²) in [5.41, 5.74) is 0.692. The van der Waals surface area contributed by atoms with Crippen LogP contribution in [0, 0.1) is 5.82 Å². The van der Waals surface area contributed by atoms with Crippen LogP contribution in [-0.2, 0) is 4.79 Å². The molecule has 1 atom stereocenters. The van der Waals surface area contributed by atoms with Crippen molar-refractivity contribution in [2.24, 2.45) is 0 Å². The summed E-state index contributed by atoms with van der Waals surface area (Å²) in [4.78, 5) is 26.3. The van der Waals surface area contributed by atoms with Crippen LogP contribution < -0.4 is 5.32 Å². The first-order valence-corrected chi connectivity index (χ1v) is 8.04. The molecule has 0 radical (unpaired) electrons. The van der Waals surface area contributed by atoms with Gasteiger partial charge in [-0.1, -0.05) is 13.3 Å². The zero-order valence-electron chi connectivity index (χ0n) is 13.4. The Morgan fingerprint density at radius 2 is 2.04 bits per heavy atom. The first-order chi connectivity index (χ1) is 11.6. The number of hydrogen-bond donors (Lipinski definition) is 1. The minimum absolute atomic E-state index is 0.123. The predicted molar refractivity (Wildman–Crippen MR) is 86.8 cm³/mol. The average molecular weight is 330 g/mol. The van der Waals surface area contributed by atoms with Crippen molar-refractivity contribution in [2.45, 2.75) is 25.8 Å². The molecule has 1 saturated heterocycles. The lowest BCUT2D eigenvalue weighted by molar-refractivity contribution is -0.128. The number of carbonyl (C=O) groups is 2. The third kappa shape index (κ3) is 3.18. The molecule has 2 amide bonds. The number of furan rings is 1. The molecular weight excluding hydrogens is 311 g/mol. The number of rotatable bonds is 4. The van der Waals surface area contributed by atoms with Gasteiger partial charge in [0, 0.05) is 18.7 Å². The van der Waals surface area contributed by atoms with Crippen LogP contribution in [0.2, 0.25) is 0 Å². The van der Waals surface area contributed by atoms with Crippen molar-refractivity contribution in [1.29, 1.82) is 0 Å². The van der Waals surface area contributed by atoms with Gasteiger partial charge in [0.05, 0.1) is 0 Å². The Labute approximate surface area is 139 Å². The van der Waals surface area contributed by atoms with Gasteiger partial charge in [-0.15, -0.1) is 0 Å². The van der Waals surface area contributed by atoms with E-state index in [1.165, 1.54) is 12.1 Å². The van der Waals surface area contributed by atoms with E-state index in [1.54, 1.807) is 29.2 Å². The molecule has 3 rings (SSSR count). The highest BCUT2D eigenvalue weighted by atomic mass is 19.1. The van der Waals surface area contributed by atoms with Crippen molar-refractivity contribution in [2.75, 3.05) is 13.1 Å². The molecule has 0 saturated carbocycles. The number of nitrogens with one attached hydrogen (secondary N) is 1. The molecule has 126 valence electrons. The second-order valence-electron chi connectivity index (χ2n) is 5.76. The lowest BCUT2D eigenvalue weighted by atomic mass is 10.1. The normalized spacial score (nSPS) is 17.7. The van der Waals surface area contributed by atoms with Crippen molar-refractivity contribution in [1.82, 2.24) is 10.2 Å². The summed E-state index contributed by atoms with van der Waals surface area (Å²) in [7, 11) is 0. The van der Waals surface area contributed by atoms with E-state index in [9.17, 15) is 14.0 Å². The summed E-state index contributed by atoms with van der Waals surface area (Å²) in [5.74, 6) is -0.0706. The summed E-state index contributed by atoms with van der Waals surface area (Å²) in [6.45, 7) is 2.88. The molecule has 2 heterocycles. The van der Waals surface area contributed by atoms with E-state index in [0.29, 0.717) is 30.8 Å². The Morgan fingerprint density at radius 3 is 2.75 bits per heavy atom. The van der Waals surface area contributed by atoms with Crippen molar-refractivity contribution < 1.29 is 18.4 Å². The van der Waals surface area contributed by atoms with Crippen LogP contribution in [0.4, 0.5) is 4.39 Å². The van der Waals surface area contributed by atoms with Crippen LogP contribution in [0.3, 0.4) is 0 Å². The number of nitrogens with zero attached hydrogens (tertiary/aromatic N) is 1. The summed E-state index contributed by atoms with van der Waals surface area (Å²) in [6.07, 6.45) is 1.42. The first-order valence-electron chi connectivity index (χ1n) is 8.04. The number of hydrogen-bond acceptors (Lipinski definition) is 3. The van der Waals surface area contributed by atoms with Crippen LogP contribution in [0.1, 0.15) is 30.3 Å². The summed E-state index contributed by atoms with van der Waals surface area (Å²) < 4.78 is 18.6. The zero-order valence-corrected chi connectivity index (χ0v) is 13.4. The second-order valence-corrected chi connectivity index (χ2v) is 5.76. The van der Waals surface area contributed by atoms with Crippen molar-refractivity contribution in [3.8, 4) is 11.3 Å². The molecule has 0 spiro atoms. The van der Waals surface area contributed by atoms with Crippen LogP contribution in [0.5, 0.6) is 0 Å². The molecule has 0 unspecified atom stereocenters. The van der Waals surface area contributed by atoms with Crippen LogP contribution >= 0.6 is 0 Å². The van der Waals surface area contributed by atoms with Gasteiger partial charge in [-0.25, -0.2) is 4.39 Å². The van der Waals surface area contributed by atoms with Crippen molar-refractivity contribution in [3.05, 3.63) is 48.0 Å². The maximum absolute atomic E-state index is 13.0. The molecule has 24 heavy (non-hydrogen) atoms. The molecule has 0 bridgehead atoms. The molecular formula is C18H19FN2O3. The molecule has 5 nitrogen and oxygen atoms in total. The number of piperazine rings is 1. The summed E-state index contributed by atoms with van der Waals surface area (Å²) in [6, 6.07) is 8.68. The van der Waals surface area contributed by atoms with Crippen LogP contribution in [0.25, 0.3) is 11.3 Å². The molecule has 1 N–H and O–H groups in total. The maximum Gasteiger partial charge on any atom is 0.290 e. The third-order valence-corrected chi connectivity index (χ3v) is 4.10. The smallest absolute Gasteiger partial charge is 0.290 e. The van der Waals surface area contributed by atoms with Gasteiger partial charge in [0.25, 0.3) is 5.91 Å².